The first-order chi connectivity index (χ1) is 16.3. The molecule has 1 heterocycles. The van der Waals surface area contributed by atoms with Crippen LogP contribution >= 0.6 is 0 Å². The zero-order valence-corrected chi connectivity index (χ0v) is 23.8. The van der Waals surface area contributed by atoms with Crippen LogP contribution < -0.4 is 0 Å². The Bertz CT molecular complexity index is 1060. The summed E-state index contributed by atoms with van der Waals surface area (Å²) in [5.41, 5.74) is 2.75. The molecule has 1 aliphatic rings. The Hall–Kier alpha value is -1.71. The summed E-state index contributed by atoms with van der Waals surface area (Å²) in [6.07, 6.45) is -1.46. The first-order valence-corrected chi connectivity index (χ1v) is 16.1. The molecule has 0 saturated carbocycles. The van der Waals surface area contributed by atoms with Crippen molar-refractivity contribution in [2.45, 2.75) is 88.1 Å². The van der Waals surface area contributed by atoms with Crippen molar-refractivity contribution in [1.29, 1.82) is 0 Å². The Balaban J connectivity index is 2.07. The van der Waals surface area contributed by atoms with Crippen LogP contribution in [-0.2, 0) is 14.4 Å². The Labute approximate surface area is 212 Å². The number of aromatic hydroxyl groups is 1. The lowest BCUT2D eigenvalue weighted by molar-refractivity contribution is 0.00145. The Morgan fingerprint density at radius 1 is 0.886 bits per heavy atom. The fraction of sp³-hybridized carbons (Fsp3) is 0.556. The van der Waals surface area contributed by atoms with Gasteiger partial charge in [-0.05, 0) is 53.4 Å². The molecule has 3 atom stereocenters. The van der Waals surface area contributed by atoms with Crippen LogP contribution in [-0.4, -0.2) is 56.6 Å². The largest absolute Gasteiger partial charge is 0.508 e. The summed E-state index contributed by atoms with van der Waals surface area (Å²) in [6, 6.07) is 13.6. The van der Waals surface area contributed by atoms with Gasteiger partial charge in [-0.25, -0.2) is 8.42 Å². The third-order valence-electron chi connectivity index (χ3n) is 7.59. The smallest absolute Gasteiger partial charge is 0.243 e. The minimum Gasteiger partial charge on any atom is -0.508 e. The summed E-state index contributed by atoms with van der Waals surface area (Å²) < 4.78 is 35.7. The summed E-state index contributed by atoms with van der Waals surface area (Å²) in [4.78, 5) is 0.220. The zero-order chi connectivity index (χ0) is 26.1. The van der Waals surface area contributed by atoms with Gasteiger partial charge in [0.2, 0.25) is 18.3 Å². The number of aliphatic hydroxyl groups is 1. The van der Waals surface area contributed by atoms with E-state index in [1.165, 1.54) is 4.31 Å². The lowest BCUT2D eigenvalue weighted by Gasteiger charge is -2.49. The number of nitrogens with zero attached hydrogens (tertiary/aromatic N) is 1. The van der Waals surface area contributed by atoms with E-state index in [-0.39, 0.29) is 23.7 Å². The molecular formula is C27H41NO5SSi. The second-order valence-corrected chi connectivity index (χ2v) is 18.1. The lowest BCUT2D eigenvalue weighted by atomic mass is 9.85. The summed E-state index contributed by atoms with van der Waals surface area (Å²) in [6.45, 7) is 15.2. The van der Waals surface area contributed by atoms with Crippen molar-refractivity contribution in [2.75, 3.05) is 13.1 Å². The Morgan fingerprint density at radius 2 is 1.40 bits per heavy atom. The zero-order valence-electron chi connectivity index (χ0n) is 22.0. The van der Waals surface area contributed by atoms with Gasteiger partial charge in [-0.3, -0.25) is 0 Å². The van der Waals surface area contributed by atoms with Crippen LogP contribution in [0.2, 0.25) is 16.6 Å². The first-order valence-electron chi connectivity index (χ1n) is 12.5. The van der Waals surface area contributed by atoms with E-state index in [2.05, 4.69) is 41.5 Å². The Morgan fingerprint density at radius 3 is 1.89 bits per heavy atom. The van der Waals surface area contributed by atoms with Gasteiger partial charge in [-0.15, -0.1) is 0 Å². The number of aryl methyl sites for hydroxylation is 1. The van der Waals surface area contributed by atoms with Crippen LogP contribution in [0.3, 0.4) is 0 Å². The number of piperidine rings is 1. The number of phenolic OH excluding ortho intramolecular Hbond substituents is 1. The van der Waals surface area contributed by atoms with Crippen LogP contribution in [0.15, 0.2) is 53.4 Å². The maximum atomic E-state index is 13.6. The highest BCUT2D eigenvalue weighted by molar-refractivity contribution is 7.89. The highest BCUT2D eigenvalue weighted by atomic mass is 32.2. The number of rotatable bonds is 8. The third kappa shape index (κ3) is 5.51. The average molecular weight is 520 g/mol. The number of sulfonamides is 1. The van der Waals surface area contributed by atoms with Crippen LogP contribution in [0, 0.1) is 6.92 Å². The first kappa shape index (κ1) is 27.9. The molecule has 3 rings (SSSR count). The predicted molar refractivity (Wildman–Crippen MR) is 143 cm³/mol. The van der Waals surface area contributed by atoms with E-state index >= 15 is 0 Å². The normalized spacial score (nSPS) is 22.3. The molecule has 1 saturated heterocycles. The van der Waals surface area contributed by atoms with Gasteiger partial charge < -0.3 is 14.6 Å². The van der Waals surface area contributed by atoms with E-state index in [4.69, 9.17) is 4.43 Å². The number of phenols is 1. The van der Waals surface area contributed by atoms with Crippen LogP contribution in [0.25, 0.3) is 0 Å². The van der Waals surface area contributed by atoms with Crippen molar-refractivity contribution in [1.82, 2.24) is 4.31 Å². The fourth-order valence-corrected chi connectivity index (χ4v) is 13.0. The van der Waals surface area contributed by atoms with Gasteiger partial charge in [0.25, 0.3) is 0 Å². The predicted octanol–water partition coefficient (Wildman–Crippen LogP) is 5.41. The van der Waals surface area contributed by atoms with Gasteiger partial charge in [0, 0.05) is 19.0 Å². The molecule has 0 unspecified atom stereocenters. The SMILES string of the molecule is Cc1ccc(S(=O)(=O)N2C[C@H](O)[C@@H](c3ccc(O)cc3)[C@H](O[Si](C(C)C)(C(C)C)C(C)C)C2)cc1. The van der Waals surface area contributed by atoms with Gasteiger partial charge in [-0.2, -0.15) is 4.31 Å². The topological polar surface area (TPSA) is 87.1 Å². The molecule has 0 amide bonds. The van der Waals surface area contributed by atoms with E-state index in [0.29, 0.717) is 16.6 Å². The molecule has 0 aromatic heterocycles. The molecule has 0 spiro atoms. The van der Waals surface area contributed by atoms with Crippen molar-refractivity contribution in [3.05, 3.63) is 59.7 Å². The fourth-order valence-electron chi connectivity index (χ4n) is 5.93. The van der Waals surface area contributed by atoms with Gasteiger partial charge in [0.05, 0.1) is 17.1 Å². The quantitative estimate of drug-likeness (QED) is 0.455. The van der Waals surface area contributed by atoms with E-state index in [0.717, 1.165) is 11.1 Å². The molecule has 2 N–H and O–H groups in total. The molecule has 0 aliphatic carbocycles. The standard InChI is InChI=1S/C27H41NO5SSi/c1-18(2)35(19(3)4,20(5)6)33-26-17-28(34(31,32)24-14-8-21(7)9-15-24)16-25(30)27(26)22-10-12-23(29)13-11-22/h8-15,18-20,25-27,29-30H,16-17H2,1-7H3/t25-,26+,27+/m0/s1. The summed E-state index contributed by atoms with van der Waals surface area (Å²) in [5, 5.41) is 21.2. The number of aliphatic hydroxyl groups excluding tert-OH is 1. The minimum absolute atomic E-state index is 0.0127. The van der Waals surface area contributed by atoms with Crippen LogP contribution in [0.4, 0.5) is 0 Å². The number of benzene rings is 2. The number of β-amino-alcohol motifs (C(OH)–C–C–N with tert-alkyl or cyclic N) is 1. The van der Waals surface area contributed by atoms with E-state index in [1.807, 2.05) is 6.92 Å². The molecule has 1 aliphatic heterocycles. The molecule has 1 fully saturated rings. The van der Waals surface area contributed by atoms with E-state index < -0.39 is 36.5 Å². The molecule has 2 aromatic carbocycles. The summed E-state index contributed by atoms with van der Waals surface area (Å²) in [5.74, 6) is -0.251. The average Bonchev–Trinajstić information content (AvgIpc) is 2.77. The number of hydrogen-bond acceptors (Lipinski definition) is 5. The number of hydrogen-bond donors (Lipinski definition) is 2. The molecule has 6 nitrogen and oxygen atoms in total. The van der Waals surface area contributed by atoms with Crippen molar-refractivity contribution in [3.63, 3.8) is 0 Å². The van der Waals surface area contributed by atoms with E-state index in [9.17, 15) is 18.6 Å². The van der Waals surface area contributed by atoms with Crippen molar-refractivity contribution in [2.24, 2.45) is 0 Å². The third-order valence-corrected chi connectivity index (χ3v) is 15.6. The summed E-state index contributed by atoms with van der Waals surface area (Å²) >= 11 is 0. The molecule has 2 aromatic rings. The van der Waals surface area contributed by atoms with E-state index in [1.54, 1.807) is 48.5 Å². The Kier molecular flexibility index (Phi) is 8.54. The van der Waals surface area contributed by atoms with Crippen LogP contribution in [0.5, 0.6) is 5.75 Å². The molecule has 194 valence electrons. The van der Waals surface area contributed by atoms with Crippen LogP contribution in [0.1, 0.15) is 58.6 Å². The molecule has 35 heavy (non-hydrogen) atoms. The molecule has 8 heteroatoms. The second-order valence-electron chi connectivity index (χ2n) is 10.8. The second kappa shape index (κ2) is 10.7. The highest BCUT2D eigenvalue weighted by Crippen LogP contribution is 2.46. The highest BCUT2D eigenvalue weighted by Gasteiger charge is 2.51. The van der Waals surface area contributed by atoms with Crippen molar-refractivity contribution >= 4 is 18.3 Å². The van der Waals surface area contributed by atoms with Gasteiger partial charge in [0.1, 0.15) is 5.75 Å². The molecular weight excluding hydrogens is 478 g/mol. The van der Waals surface area contributed by atoms with Gasteiger partial charge in [-0.1, -0.05) is 71.4 Å². The van der Waals surface area contributed by atoms with Gasteiger partial charge >= 0.3 is 0 Å². The van der Waals surface area contributed by atoms with Crippen molar-refractivity contribution < 1.29 is 23.1 Å². The maximum absolute atomic E-state index is 13.6. The lowest BCUT2D eigenvalue weighted by Crippen LogP contribution is -2.59. The maximum Gasteiger partial charge on any atom is 0.243 e. The van der Waals surface area contributed by atoms with Gasteiger partial charge in [0.15, 0.2) is 0 Å². The summed E-state index contributed by atoms with van der Waals surface area (Å²) in [7, 11) is -6.19. The minimum atomic E-state index is -3.80. The monoisotopic (exact) mass is 519 g/mol. The molecule has 0 radical (unpaired) electrons. The van der Waals surface area contributed by atoms with Crippen molar-refractivity contribution in [3.8, 4) is 5.75 Å². The molecule has 0 bridgehead atoms.